The van der Waals surface area contributed by atoms with Crippen molar-refractivity contribution >= 4 is 37.5 Å². The first-order chi connectivity index (χ1) is 14.2. The van der Waals surface area contributed by atoms with Gasteiger partial charge in [-0.1, -0.05) is 31.3 Å². The Kier molecular flexibility index (Phi) is 6.59. The number of nitrogens with zero attached hydrogens (tertiary/aromatic N) is 3. The Bertz CT molecular complexity index is 1250. The van der Waals surface area contributed by atoms with Gasteiger partial charge in [0.25, 0.3) is 5.91 Å². The highest BCUT2D eigenvalue weighted by atomic mass is 32.2. The van der Waals surface area contributed by atoms with E-state index in [1.165, 1.54) is 51.0 Å². The van der Waals surface area contributed by atoms with E-state index in [9.17, 15) is 13.2 Å². The van der Waals surface area contributed by atoms with Crippen LogP contribution in [-0.2, 0) is 16.6 Å². The van der Waals surface area contributed by atoms with Crippen molar-refractivity contribution in [1.82, 2.24) is 8.87 Å². The van der Waals surface area contributed by atoms with Crippen molar-refractivity contribution in [2.75, 3.05) is 13.1 Å². The van der Waals surface area contributed by atoms with Crippen LogP contribution in [0.1, 0.15) is 42.3 Å². The molecule has 3 aromatic rings. The second kappa shape index (κ2) is 8.83. The number of rotatable bonds is 6. The summed E-state index contributed by atoms with van der Waals surface area (Å²) in [6.45, 7) is 11.3. The molecule has 0 unspecified atom stereocenters. The average molecular weight is 446 g/mol. The Morgan fingerprint density at radius 1 is 1.03 bits per heavy atom. The summed E-state index contributed by atoms with van der Waals surface area (Å²) < 4.78 is 29.8. The maximum absolute atomic E-state index is 12.8. The average Bonchev–Trinajstić information content (AvgIpc) is 3.09. The molecule has 0 radical (unpaired) electrons. The number of carbonyl (C=O) groups excluding carboxylic acids is 1. The van der Waals surface area contributed by atoms with E-state index < -0.39 is 10.0 Å². The number of sulfonamides is 1. The van der Waals surface area contributed by atoms with Gasteiger partial charge in [-0.25, -0.2) is 8.42 Å². The van der Waals surface area contributed by atoms with Crippen LogP contribution in [-0.4, -0.2) is 36.3 Å². The summed E-state index contributed by atoms with van der Waals surface area (Å²) in [4.78, 5) is 18.0. The summed E-state index contributed by atoms with van der Waals surface area (Å²) in [5.74, 6) is -0.384. The highest BCUT2D eigenvalue weighted by molar-refractivity contribution is 7.89. The highest BCUT2D eigenvalue weighted by Crippen LogP contribution is 2.24. The Labute approximate surface area is 181 Å². The molecular formula is C22H27N3O3S2. The second-order valence-electron chi connectivity index (χ2n) is 7.01. The fraction of sp³-hybridized carbons (Fsp3) is 0.364. The molecule has 1 amide bonds. The zero-order chi connectivity index (χ0) is 22.1. The molecule has 30 heavy (non-hydrogen) atoms. The van der Waals surface area contributed by atoms with Crippen molar-refractivity contribution in [2.45, 2.75) is 46.1 Å². The minimum atomic E-state index is -3.55. The number of hydrogen-bond donors (Lipinski definition) is 0. The van der Waals surface area contributed by atoms with Gasteiger partial charge >= 0.3 is 0 Å². The molecular weight excluding hydrogens is 418 g/mol. The molecule has 0 saturated heterocycles. The highest BCUT2D eigenvalue weighted by Gasteiger charge is 2.21. The molecule has 0 aliphatic rings. The summed E-state index contributed by atoms with van der Waals surface area (Å²) in [5.41, 5.74) is 3.85. The number of benzene rings is 2. The lowest BCUT2D eigenvalue weighted by Crippen LogP contribution is -2.30. The van der Waals surface area contributed by atoms with Crippen molar-refractivity contribution < 1.29 is 13.2 Å². The SMILES string of the molecule is CCN(CC)S(=O)(=O)c1ccc(C(=O)N=c2sc3ccc(C)c(C)c3n2CC)cc1. The summed E-state index contributed by atoms with van der Waals surface area (Å²) in [6, 6.07) is 10.1. The summed E-state index contributed by atoms with van der Waals surface area (Å²) in [5, 5.41) is 0. The van der Waals surface area contributed by atoms with Gasteiger partial charge in [0, 0.05) is 25.2 Å². The third-order valence-corrected chi connectivity index (χ3v) is 8.43. The number of aromatic nitrogens is 1. The molecule has 160 valence electrons. The van der Waals surface area contributed by atoms with E-state index in [0.717, 1.165) is 10.2 Å². The van der Waals surface area contributed by atoms with Gasteiger partial charge < -0.3 is 4.57 Å². The van der Waals surface area contributed by atoms with Gasteiger partial charge in [-0.05, 0) is 62.2 Å². The molecule has 2 aromatic carbocycles. The smallest absolute Gasteiger partial charge is 0.279 e. The molecule has 1 heterocycles. The van der Waals surface area contributed by atoms with Crippen LogP contribution < -0.4 is 4.80 Å². The third kappa shape index (κ3) is 3.99. The number of amides is 1. The molecule has 0 aliphatic heterocycles. The lowest BCUT2D eigenvalue weighted by Gasteiger charge is -2.18. The largest absolute Gasteiger partial charge is 0.316 e. The molecule has 0 spiro atoms. The van der Waals surface area contributed by atoms with Crippen LogP contribution in [0, 0.1) is 13.8 Å². The van der Waals surface area contributed by atoms with Gasteiger partial charge in [0.2, 0.25) is 10.0 Å². The minimum Gasteiger partial charge on any atom is -0.316 e. The van der Waals surface area contributed by atoms with E-state index in [4.69, 9.17) is 0 Å². The van der Waals surface area contributed by atoms with Crippen molar-refractivity contribution in [3.8, 4) is 0 Å². The van der Waals surface area contributed by atoms with Crippen molar-refractivity contribution in [2.24, 2.45) is 4.99 Å². The van der Waals surface area contributed by atoms with E-state index in [2.05, 4.69) is 35.5 Å². The Balaban J connectivity index is 2.01. The molecule has 1 aromatic heterocycles. The molecule has 0 aliphatic carbocycles. The van der Waals surface area contributed by atoms with Crippen LogP contribution >= 0.6 is 11.3 Å². The van der Waals surface area contributed by atoms with Gasteiger partial charge in [0.05, 0.1) is 15.1 Å². The van der Waals surface area contributed by atoms with E-state index in [0.29, 0.717) is 30.0 Å². The van der Waals surface area contributed by atoms with Crippen LogP contribution in [0.2, 0.25) is 0 Å². The number of carbonyl (C=O) groups is 1. The maximum atomic E-state index is 12.8. The van der Waals surface area contributed by atoms with Crippen LogP contribution in [0.25, 0.3) is 10.2 Å². The quantitative estimate of drug-likeness (QED) is 0.573. The van der Waals surface area contributed by atoms with E-state index in [1.54, 1.807) is 13.8 Å². The van der Waals surface area contributed by atoms with Gasteiger partial charge in [0.1, 0.15) is 0 Å². The van der Waals surface area contributed by atoms with Crippen LogP contribution in [0.3, 0.4) is 0 Å². The zero-order valence-electron chi connectivity index (χ0n) is 18.0. The predicted molar refractivity (Wildman–Crippen MR) is 121 cm³/mol. The van der Waals surface area contributed by atoms with E-state index in [1.807, 2.05) is 6.92 Å². The van der Waals surface area contributed by atoms with Crippen LogP contribution in [0.5, 0.6) is 0 Å². The van der Waals surface area contributed by atoms with E-state index in [-0.39, 0.29) is 10.8 Å². The number of aryl methyl sites for hydroxylation is 3. The minimum absolute atomic E-state index is 0.180. The van der Waals surface area contributed by atoms with E-state index >= 15 is 0 Å². The molecule has 0 N–H and O–H groups in total. The monoisotopic (exact) mass is 445 g/mol. The van der Waals surface area contributed by atoms with Crippen molar-refractivity contribution in [3.63, 3.8) is 0 Å². The van der Waals surface area contributed by atoms with Gasteiger partial charge in [-0.3, -0.25) is 4.79 Å². The van der Waals surface area contributed by atoms with Crippen molar-refractivity contribution in [3.05, 3.63) is 57.9 Å². The fourth-order valence-corrected chi connectivity index (χ4v) is 6.06. The van der Waals surface area contributed by atoms with Crippen molar-refractivity contribution in [1.29, 1.82) is 0 Å². The van der Waals surface area contributed by atoms with Gasteiger partial charge in [0.15, 0.2) is 4.80 Å². The lowest BCUT2D eigenvalue weighted by molar-refractivity contribution is 0.0997. The van der Waals surface area contributed by atoms with Crippen LogP contribution in [0.15, 0.2) is 46.3 Å². The summed E-state index contributed by atoms with van der Waals surface area (Å²) in [7, 11) is -3.55. The predicted octanol–water partition coefficient (Wildman–Crippen LogP) is 4.11. The summed E-state index contributed by atoms with van der Waals surface area (Å²) in [6.07, 6.45) is 0. The maximum Gasteiger partial charge on any atom is 0.279 e. The number of fused-ring (bicyclic) bond motifs is 1. The first kappa shape index (κ1) is 22.4. The third-order valence-electron chi connectivity index (χ3n) is 5.32. The first-order valence-corrected chi connectivity index (χ1v) is 12.3. The molecule has 8 heteroatoms. The molecule has 0 bridgehead atoms. The Morgan fingerprint density at radius 3 is 2.23 bits per heavy atom. The molecule has 6 nitrogen and oxygen atoms in total. The first-order valence-electron chi connectivity index (χ1n) is 10.0. The topological polar surface area (TPSA) is 71.7 Å². The van der Waals surface area contributed by atoms with Gasteiger partial charge in [-0.2, -0.15) is 9.30 Å². The molecule has 0 fully saturated rings. The van der Waals surface area contributed by atoms with Crippen LogP contribution in [0.4, 0.5) is 0 Å². The zero-order valence-corrected chi connectivity index (χ0v) is 19.6. The molecule has 0 saturated carbocycles. The fourth-order valence-electron chi connectivity index (χ4n) is 3.45. The lowest BCUT2D eigenvalue weighted by atomic mass is 10.1. The normalized spacial score (nSPS) is 12.8. The Hall–Kier alpha value is -2.29. The standard InChI is InChI=1S/C22H27N3O3S2/c1-6-24(7-2)30(27,28)18-12-10-17(11-13-18)21(26)23-22-25(8-3)20-16(5)15(4)9-14-19(20)29-22/h9-14H,6-8H2,1-5H3. The molecule has 0 atom stereocenters. The number of thiazole rings is 1. The molecule has 3 rings (SSSR count). The Morgan fingerprint density at radius 2 is 1.67 bits per heavy atom. The van der Waals surface area contributed by atoms with Gasteiger partial charge in [-0.15, -0.1) is 0 Å². The number of hydrogen-bond acceptors (Lipinski definition) is 4. The second-order valence-corrected chi connectivity index (χ2v) is 9.96. The summed E-state index contributed by atoms with van der Waals surface area (Å²) >= 11 is 1.48.